The molecule has 0 amide bonds. The molecule has 0 saturated heterocycles. The summed E-state index contributed by atoms with van der Waals surface area (Å²) in [5.74, 6) is 0.592. The fraction of sp³-hybridized carbons (Fsp3) is 0.118. The van der Waals surface area contributed by atoms with E-state index in [4.69, 9.17) is 9.15 Å². The Bertz CT molecular complexity index is 979. The highest BCUT2D eigenvalue weighted by Gasteiger charge is 2.17. The standard InChI is InChI=1S/C17H12BrNO5/c1-23-12-6-7-13-14(9-18)16(17(20)24-15(13)8-12)10-2-4-11(5-3-10)19(21)22/h2-8H,9H2,1H3. The molecule has 0 aliphatic carbocycles. The molecule has 0 unspecified atom stereocenters. The molecule has 1 aromatic heterocycles. The van der Waals surface area contributed by atoms with Gasteiger partial charge in [0.1, 0.15) is 11.3 Å². The van der Waals surface area contributed by atoms with Crippen molar-refractivity contribution in [1.82, 2.24) is 0 Å². The van der Waals surface area contributed by atoms with Crippen LogP contribution in [0.4, 0.5) is 5.69 Å². The minimum absolute atomic E-state index is 0.0333. The predicted molar refractivity (Wildman–Crippen MR) is 93.8 cm³/mol. The maximum absolute atomic E-state index is 12.5. The third-order valence-corrected chi connectivity index (χ3v) is 4.28. The first-order valence-corrected chi connectivity index (χ1v) is 8.12. The number of alkyl halides is 1. The Morgan fingerprint density at radius 3 is 2.50 bits per heavy atom. The molecule has 0 spiro atoms. The minimum atomic E-state index is -0.501. The fourth-order valence-electron chi connectivity index (χ4n) is 2.55. The SMILES string of the molecule is COc1ccc2c(CBr)c(-c3ccc([N+](=O)[O-])cc3)c(=O)oc2c1. The molecule has 1 heterocycles. The maximum atomic E-state index is 12.5. The van der Waals surface area contributed by atoms with Gasteiger partial charge in [-0.1, -0.05) is 15.9 Å². The van der Waals surface area contributed by atoms with E-state index in [1.807, 2.05) is 6.07 Å². The van der Waals surface area contributed by atoms with Crippen molar-refractivity contribution in [3.05, 3.63) is 68.6 Å². The number of halogens is 1. The van der Waals surface area contributed by atoms with Gasteiger partial charge in [-0.15, -0.1) is 0 Å². The van der Waals surface area contributed by atoms with Crippen molar-refractivity contribution in [3.63, 3.8) is 0 Å². The molecule has 0 saturated carbocycles. The van der Waals surface area contributed by atoms with Crippen molar-refractivity contribution in [2.75, 3.05) is 7.11 Å². The zero-order chi connectivity index (χ0) is 17.3. The molecular formula is C17H12BrNO5. The highest BCUT2D eigenvalue weighted by Crippen LogP contribution is 2.31. The third-order valence-electron chi connectivity index (χ3n) is 3.72. The van der Waals surface area contributed by atoms with Crippen LogP contribution in [0.1, 0.15) is 5.56 Å². The smallest absolute Gasteiger partial charge is 0.344 e. The van der Waals surface area contributed by atoms with Crippen molar-refractivity contribution in [1.29, 1.82) is 0 Å². The van der Waals surface area contributed by atoms with Crippen molar-refractivity contribution in [2.45, 2.75) is 5.33 Å². The molecule has 24 heavy (non-hydrogen) atoms. The van der Waals surface area contributed by atoms with Gasteiger partial charge in [-0.2, -0.15) is 0 Å². The van der Waals surface area contributed by atoms with Crippen LogP contribution in [0.15, 0.2) is 51.7 Å². The topological polar surface area (TPSA) is 82.6 Å². The van der Waals surface area contributed by atoms with Crippen molar-refractivity contribution in [2.24, 2.45) is 0 Å². The lowest BCUT2D eigenvalue weighted by atomic mass is 9.99. The van der Waals surface area contributed by atoms with Crippen LogP contribution in [0.2, 0.25) is 0 Å². The second kappa shape index (κ2) is 6.45. The maximum Gasteiger partial charge on any atom is 0.344 e. The molecule has 3 aromatic rings. The quantitative estimate of drug-likeness (QED) is 0.288. The number of benzene rings is 2. The number of nitro benzene ring substituents is 1. The third kappa shape index (κ3) is 2.78. The van der Waals surface area contributed by atoms with E-state index in [1.165, 1.54) is 19.2 Å². The van der Waals surface area contributed by atoms with Crippen LogP contribution in [0.25, 0.3) is 22.1 Å². The first kappa shape index (κ1) is 16.2. The summed E-state index contributed by atoms with van der Waals surface area (Å²) in [6.45, 7) is 0. The van der Waals surface area contributed by atoms with E-state index >= 15 is 0 Å². The lowest BCUT2D eigenvalue weighted by Gasteiger charge is -2.10. The van der Waals surface area contributed by atoms with Gasteiger partial charge in [0.15, 0.2) is 0 Å². The van der Waals surface area contributed by atoms with Crippen LogP contribution >= 0.6 is 15.9 Å². The van der Waals surface area contributed by atoms with Crippen LogP contribution in [0.3, 0.4) is 0 Å². The summed E-state index contributed by atoms with van der Waals surface area (Å²) in [6, 6.07) is 11.1. The molecule has 2 aromatic carbocycles. The van der Waals surface area contributed by atoms with Crippen LogP contribution in [0.5, 0.6) is 5.75 Å². The van der Waals surface area contributed by atoms with E-state index < -0.39 is 10.5 Å². The average molecular weight is 390 g/mol. The Labute approximate surface area is 145 Å². The normalized spacial score (nSPS) is 10.8. The summed E-state index contributed by atoms with van der Waals surface area (Å²) in [5, 5.41) is 12.0. The van der Waals surface area contributed by atoms with E-state index in [0.29, 0.717) is 27.8 Å². The molecular weight excluding hydrogens is 378 g/mol. The highest BCUT2D eigenvalue weighted by molar-refractivity contribution is 9.08. The molecule has 7 heteroatoms. The summed E-state index contributed by atoms with van der Waals surface area (Å²) in [5.41, 5.74) is 1.62. The van der Waals surface area contributed by atoms with E-state index in [2.05, 4.69) is 15.9 Å². The second-order valence-corrected chi connectivity index (χ2v) is 5.60. The summed E-state index contributed by atoms with van der Waals surface area (Å²) in [7, 11) is 1.54. The minimum Gasteiger partial charge on any atom is -0.497 e. The summed E-state index contributed by atoms with van der Waals surface area (Å²) in [4.78, 5) is 22.8. The Hall–Kier alpha value is -2.67. The van der Waals surface area contributed by atoms with Gasteiger partial charge in [0.2, 0.25) is 0 Å². The first-order valence-electron chi connectivity index (χ1n) is 6.99. The molecule has 6 nitrogen and oxygen atoms in total. The molecule has 0 aliphatic heterocycles. The Morgan fingerprint density at radius 2 is 1.92 bits per heavy atom. The number of rotatable bonds is 4. The van der Waals surface area contributed by atoms with Crippen molar-refractivity contribution < 1.29 is 14.1 Å². The van der Waals surface area contributed by atoms with Gasteiger partial charge in [-0.25, -0.2) is 4.79 Å². The zero-order valence-corrected chi connectivity index (χ0v) is 14.2. The van der Waals surface area contributed by atoms with E-state index in [-0.39, 0.29) is 5.69 Å². The van der Waals surface area contributed by atoms with Crippen molar-refractivity contribution >= 4 is 32.6 Å². The summed E-state index contributed by atoms with van der Waals surface area (Å²) < 4.78 is 10.6. The first-order chi connectivity index (χ1) is 11.5. The van der Waals surface area contributed by atoms with Gasteiger partial charge in [0.05, 0.1) is 17.6 Å². The summed E-state index contributed by atoms with van der Waals surface area (Å²) in [6.07, 6.45) is 0. The van der Waals surface area contributed by atoms with E-state index in [1.54, 1.807) is 24.3 Å². The van der Waals surface area contributed by atoms with Crippen LogP contribution in [-0.4, -0.2) is 12.0 Å². The second-order valence-electron chi connectivity index (χ2n) is 5.04. The van der Waals surface area contributed by atoms with Crippen molar-refractivity contribution in [3.8, 4) is 16.9 Å². The van der Waals surface area contributed by atoms with E-state index in [9.17, 15) is 14.9 Å². The number of hydrogen-bond donors (Lipinski definition) is 0. The zero-order valence-electron chi connectivity index (χ0n) is 12.6. The molecule has 122 valence electrons. The number of methoxy groups -OCH3 is 1. The Morgan fingerprint density at radius 1 is 1.21 bits per heavy atom. The van der Waals surface area contributed by atoms with Gasteiger partial charge in [0.25, 0.3) is 5.69 Å². The van der Waals surface area contributed by atoms with Gasteiger partial charge >= 0.3 is 5.63 Å². The number of non-ortho nitro benzene ring substituents is 1. The molecule has 3 rings (SSSR count). The van der Waals surface area contributed by atoms with Gasteiger partial charge in [-0.05, 0) is 35.4 Å². The fourth-order valence-corrected chi connectivity index (χ4v) is 3.14. The number of ether oxygens (including phenoxy) is 1. The van der Waals surface area contributed by atoms with Gasteiger partial charge in [0, 0.05) is 28.9 Å². The number of nitrogens with zero attached hydrogens (tertiary/aromatic N) is 1. The number of nitro groups is 1. The molecule has 0 bridgehead atoms. The van der Waals surface area contributed by atoms with E-state index in [0.717, 1.165) is 10.9 Å². The van der Waals surface area contributed by atoms with Gasteiger partial charge in [-0.3, -0.25) is 10.1 Å². The largest absolute Gasteiger partial charge is 0.497 e. The highest BCUT2D eigenvalue weighted by atomic mass is 79.9. The van der Waals surface area contributed by atoms with Crippen LogP contribution in [-0.2, 0) is 5.33 Å². The molecule has 0 N–H and O–H groups in total. The number of hydrogen-bond acceptors (Lipinski definition) is 5. The van der Waals surface area contributed by atoms with Gasteiger partial charge < -0.3 is 9.15 Å². The molecule has 0 fully saturated rings. The van der Waals surface area contributed by atoms with Crippen LogP contribution in [0, 0.1) is 10.1 Å². The average Bonchev–Trinajstić information content (AvgIpc) is 2.60. The molecule has 0 aliphatic rings. The summed E-state index contributed by atoms with van der Waals surface area (Å²) >= 11 is 3.41. The predicted octanol–water partition coefficient (Wildman–Crippen LogP) is 4.27. The van der Waals surface area contributed by atoms with Crippen LogP contribution < -0.4 is 10.4 Å². The Balaban J connectivity index is 2.25. The lowest BCUT2D eigenvalue weighted by molar-refractivity contribution is -0.384. The molecule has 0 radical (unpaired) electrons. The monoisotopic (exact) mass is 389 g/mol. The lowest BCUT2D eigenvalue weighted by Crippen LogP contribution is -2.07. The Kier molecular flexibility index (Phi) is 4.35. The molecule has 0 atom stereocenters. The number of fused-ring (bicyclic) bond motifs is 1.